The molecule has 2 rings (SSSR count). The lowest BCUT2D eigenvalue weighted by Crippen LogP contribution is -2.44. The smallest absolute Gasteiger partial charge is 0.0474 e. The second-order valence-corrected chi connectivity index (χ2v) is 6.58. The molecule has 21 heavy (non-hydrogen) atoms. The van der Waals surface area contributed by atoms with Crippen molar-refractivity contribution in [1.82, 2.24) is 5.32 Å². The van der Waals surface area contributed by atoms with Gasteiger partial charge < -0.3 is 16.2 Å². The molecular weight excluding hydrogens is 260 g/mol. The topological polar surface area (TPSA) is 58.3 Å². The molecule has 0 amide bonds. The Morgan fingerprint density at radius 3 is 2.48 bits per heavy atom. The highest BCUT2D eigenvalue weighted by molar-refractivity contribution is 5.38. The van der Waals surface area contributed by atoms with Crippen LogP contribution in [0.2, 0.25) is 0 Å². The number of hydrogen-bond donors (Lipinski definition) is 3. The fourth-order valence-electron chi connectivity index (χ4n) is 3.55. The van der Waals surface area contributed by atoms with Crippen LogP contribution in [0.4, 0.5) is 0 Å². The van der Waals surface area contributed by atoms with E-state index >= 15 is 0 Å². The van der Waals surface area contributed by atoms with Gasteiger partial charge in [0.2, 0.25) is 0 Å². The van der Waals surface area contributed by atoms with Crippen LogP contribution in [0.1, 0.15) is 54.0 Å². The Balaban J connectivity index is 2.17. The highest BCUT2D eigenvalue weighted by Gasteiger charge is 2.27. The van der Waals surface area contributed by atoms with Crippen molar-refractivity contribution in [2.24, 2.45) is 11.7 Å². The summed E-state index contributed by atoms with van der Waals surface area (Å²) < 4.78 is 0. The van der Waals surface area contributed by atoms with Gasteiger partial charge >= 0.3 is 0 Å². The maximum atomic E-state index is 9.58. The summed E-state index contributed by atoms with van der Waals surface area (Å²) in [5, 5.41) is 13.3. The highest BCUT2D eigenvalue weighted by atomic mass is 16.3. The first-order chi connectivity index (χ1) is 10.1. The molecule has 1 aliphatic carbocycles. The van der Waals surface area contributed by atoms with Crippen LogP contribution in [0.5, 0.6) is 0 Å². The molecule has 1 aromatic rings. The van der Waals surface area contributed by atoms with E-state index in [1.165, 1.54) is 35.1 Å². The third-order valence-electron chi connectivity index (χ3n) is 5.05. The summed E-state index contributed by atoms with van der Waals surface area (Å²) in [6.07, 6.45) is 4.75. The average Bonchev–Trinajstić information content (AvgIpc) is 2.49. The number of nitrogens with two attached hydrogens (primary N) is 1. The summed E-state index contributed by atoms with van der Waals surface area (Å²) in [6, 6.07) is 5.09. The number of benzene rings is 1. The third kappa shape index (κ3) is 3.85. The minimum absolute atomic E-state index is 0.182. The van der Waals surface area contributed by atoms with Gasteiger partial charge in [-0.2, -0.15) is 0 Å². The van der Waals surface area contributed by atoms with E-state index in [4.69, 9.17) is 5.73 Å². The molecule has 118 valence electrons. The van der Waals surface area contributed by atoms with E-state index in [1.807, 2.05) is 0 Å². The third-order valence-corrected chi connectivity index (χ3v) is 5.05. The molecule has 3 unspecified atom stereocenters. The first kappa shape index (κ1) is 16.5. The molecule has 0 bridgehead atoms. The Hall–Kier alpha value is -0.900. The fraction of sp³-hybridized carbons (Fsp3) is 0.667. The average molecular weight is 290 g/mol. The SMILES string of the molecule is Cc1cc(C)c(C(CN)NC2CCCCC2CO)cc1C. The minimum atomic E-state index is 0.182. The predicted molar refractivity (Wildman–Crippen MR) is 88.4 cm³/mol. The van der Waals surface area contributed by atoms with Gasteiger partial charge in [0.1, 0.15) is 0 Å². The highest BCUT2D eigenvalue weighted by Crippen LogP contribution is 2.28. The maximum Gasteiger partial charge on any atom is 0.0474 e. The number of aliphatic hydroxyl groups is 1. The van der Waals surface area contributed by atoms with Gasteiger partial charge in [0.25, 0.3) is 0 Å². The van der Waals surface area contributed by atoms with Crippen LogP contribution in [0.15, 0.2) is 12.1 Å². The summed E-state index contributed by atoms with van der Waals surface area (Å²) in [6.45, 7) is 7.35. The summed E-state index contributed by atoms with van der Waals surface area (Å²) in [5.41, 5.74) is 11.3. The Labute approximate surface area is 128 Å². The van der Waals surface area contributed by atoms with E-state index in [9.17, 15) is 5.11 Å². The zero-order valence-electron chi connectivity index (χ0n) is 13.7. The molecule has 1 fully saturated rings. The molecule has 1 saturated carbocycles. The van der Waals surface area contributed by atoms with E-state index in [0.29, 0.717) is 18.5 Å². The fourth-order valence-corrected chi connectivity index (χ4v) is 3.55. The first-order valence-electron chi connectivity index (χ1n) is 8.21. The molecule has 3 nitrogen and oxygen atoms in total. The van der Waals surface area contributed by atoms with Gasteiger partial charge in [0, 0.05) is 25.2 Å². The van der Waals surface area contributed by atoms with Crippen molar-refractivity contribution in [3.05, 3.63) is 34.4 Å². The van der Waals surface area contributed by atoms with Crippen LogP contribution in [-0.2, 0) is 0 Å². The number of nitrogens with one attached hydrogen (secondary N) is 1. The van der Waals surface area contributed by atoms with Crippen molar-refractivity contribution in [3.63, 3.8) is 0 Å². The minimum Gasteiger partial charge on any atom is -0.396 e. The van der Waals surface area contributed by atoms with Gasteiger partial charge in [-0.05, 0) is 61.8 Å². The van der Waals surface area contributed by atoms with Gasteiger partial charge in [-0.3, -0.25) is 0 Å². The lowest BCUT2D eigenvalue weighted by atomic mass is 9.84. The van der Waals surface area contributed by atoms with Crippen LogP contribution in [-0.4, -0.2) is 24.3 Å². The van der Waals surface area contributed by atoms with Crippen molar-refractivity contribution >= 4 is 0 Å². The molecule has 0 saturated heterocycles. The van der Waals surface area contributed by atoms with Crippen molar-refractivity contribution in [2.75, 3.05) is 13.2 Å². The summed E-state index contributed by atoms with van der Waals surface area (Å²) in [7, 11) is 0. The molecular formula is C18H30N2O. The van der Waals surface area contributed by atoms with Gasteiger partial charge in [0.15, 0.2) is 0 Å². The van der Waals surface area contributed by atoms with E-state index in [2.05, 4.69) is 38.2 Å². The first-order valence-corrected chi connectivity index (χ1v) is 8.21. The molecule has 0 aliphatic heterocycles. The van der Waals surface area contributed by atoms with Crippen molar-refractivity contribution in [1.29, 1.82) is 0 Å². The van der Waals surface area contributed by atoms with Gasteiger partial charge in [0.05, 0.1) is 0 Å². The molecule has 0 aromatic heterocycles. The van der Waals surface area contributed by atoms with Crippen LogP contribution in [0.3, 0.4) is 0 Å². The molecule has 3 atom stereocenters. The van der Waals surface area contributed by atoms with Gasteiger partial charge in [-0.15, -0.1) is 0 Å². The molecule has 4 N–H and O–H groups in total. The Morgan fingerprint density at radius 2 is 1.81 bits per heavy atom. The maximum absolute atomic E-state index is 9.58. The summed E-state index contributed by atoms with van der Waals surface area (Å²) >= 11 is 0. The Kier molecular flexibility index (Phi) is 5.80. The molecule has 0 radical (unpaired) electrons. The molecule has 0 spiro atoms. The van der Waals surface area contributed by atoms with E-state index in [1.54, 1.807) is 0 Å². The van der Waals surface area contributed by atoms with Crippen molar-refractivity contribution < 1.29 is 5.11 Å². The zero-order valence-corrected chi connectivity index (χ0v) is 13.7. The monoisotopic (exact) mass is 290 g/mol. The molecule has 1 aliphatic rings. The lowest BCUT2D eigenvalue weighted by Gasteiger charge is -2.34. The Bertz CT molecular complexity index is 473. The normalized spacial score (nSPS) is 24.0. The zero-order chi connectivity index (χ0) is 15.4. The van der Waals surface area contributed by atoms with Crippen molar-refractivity contribution in [3.8, 4) is 0 Å². The van der Waals surface area contributed by atoms with Crippen LogP contribution in [0.25, 0.3) is 0 Å². The molecule has 1 aromatic carbocycles. The number of rotatable bonds is 5. The number of aliphatic hydroxyl groups excluding tert-OH is 1. The number of hydrogen-bond acceptors (Lipinski definition) is 3. The van der Waals surface area contributed by atoms with Crippen molar-refractivity contribution in [2.45, 2.75) is 58.5 Å². The second kappa shape index (κ2) is 7.39. The molecule has 3 heteroatoms. The van der Waals surface area contributed by atoms with Crippen LogP contribution in [0, 0.1) is 26.7 Å². The van der Waals surface area contributed by atoms with Crippen LogP contribution >= 0.6 is 0 Å². The van der Waals surface area contributed by atoms with Gasteiger partial charge in [-0.25, -0.2) is 0 Å². The lowest BCUT2D eigenvalue weighted by molar-refractivity contribution is 0.146. The number of aryl methyl sites for hydroxylation is 3. The summed E-state index contributed by atoms with van der Waals surface area (Å²) in [4.78, 5) is 0. The van der Waals surface area contributed by atoms with E-state index in [-0.39, 0.29) is 12.6 Å². The quantitative estimate of drug-likeness (QED) is 0.781. The van der Waals surface area contributed by atoms with Crippen LogP contribution < -0.4 is 11.1 Å². The van der Waals surface area contributed by atoms with Gasteiger partial charge in [-0.1, -0.05) is 25.0 Å². The molecule has 0 heterocycles. The van der Waals surface area contributed by atoms with E-state index < -0.39 is 0 Å². The Morgan fingerprint density at radius 1 is 1.14 bits per heavy atom. The predicted octanol–water partition coefficient (Wildman–Crippen LogP) is 2.75. The van der Waals surface area contributed by atoms with E-state index in [0.717, 1.165) is 12.8 Å². The standard InChI is InChI=1S/C18H30N2O/c1-12-8-14(3)16(9-13(12)2)18(10-19)20-17-7-5-4-6-15(17)11-21/h8-9,15,17-18,20-21H,4-7,10-11,19H2,1-3H3. The summed E-state index contributed by atoms with van der Waals surface area (Å²) in [5.74, 6) is 0.375. The second-order valence-electron chi connectivity index (χ2n) is 6.58. The largest absolute Gasteiger partial charge is 0.396 e.